The van der Waals surface area contributed by atoms with Crippen LogP contribution in [0.3, 0.4) is 0 Å². The summed E-state index contributed by atoms with van der Waals surface area (Å²) in [7, 11) is 4.54. The lowest BCUT2D eigenvalue weighted by molar-refractivity contribution is -0.145. The van der Waals surface area contributed by atoms with Crippen molar-refractivity contribution < 1.29 is 19.1 Å². The minimum Gasteiger partial charge on any atom is -0.497 e. The maximum atomic E-state index is 12.2. The molecule has 0 spiro atoms. The van der Waals surface area contributed by atoms with Gasteiger partial charge < -0.3 is 14.4 Å². The van der Waals surface area contributed by atoms with Crippen molar-refractivity contribution in [2.75, 3.05) is 27.8 Å². The van der Waals surface area contributed by atoms with Crippen LogP contribution in [0.15, 0.2) is 24.3 Å². The second-order valence-electron chi connectivity index (χ2n) is 4.34. The zero-order valence-electron chi connectivity index (χ0n) is 11.7. The minimum absolute atomic E-state index is 0.158. The molecule has 0 bridgehead atoms. The molecule has 104 valence electrons. The number of hydrogen-bond donors (Lipinski definition) is 0. The van der Waals surface area contributed by atoms with E-state index in [-0.39, 0.29) is 17.8 Å². The molecule has 1 rings (SSSR count). The number of hydrogen-bond acceptors (Lipinski definition) is 4. The van der Waals surface area contributed by atoms with Gasteiger partial charge in [0.2, 0.25) is 0 Å². The Morgan fingerprint density at radius 3 is 2.58 bits per heavy atom. The summed E-state index contributed by atoms with van der Waals surface area (Å²) in [5.74, 6) is -0.218. The molecule has 19 heavy (non-hydrogen) atoms. The van der Waals surface area contributed by atoms with Crippen LogP contribution in [0.4, 0.5) is 0 Å². The van der Waals surface area contributed by atoms with Gasteiger partial charge in [0.25, 0.3) is 5.91 Å². The Morgan fingerprint density at radius 1 is 1.32 bits per heavy atom. The summed E-state index contributed by atoms with van der Waals surface area (Å²) in [5.41, 5.74) is 0.527. The van der Waals surface area contributed by atoms with Crippen LogP contribution in [-0.4, -0.2) is 44.6 Å². The zero-order valence-corrected chi connectivity index (χ0v) is 11.7. The normalized spacial score (nSPS) is 11.6. The highest BCUT2D eigenvalue weighted by atomic mass is 16.5. The van der Waals surface area contributed by atoms with E-state index in [1.807, 2.05) is 0 Å². The van der Waals surface area contributed by atoms with Crippen LogP contribution in [0.2, 0.25) is 0 Å². The molecular weight excluding hydrogens is 246 g/mol. The lowest BCUT2D eigenvalue weighted by Crippen LogP contribution is -2.34. The van der Waals surface area contributed by atoms with Crippen molar-refractivity contribution in [3.05, 3.63) is 29.8 Å². The van der Waals surface area contributed by atoms with Gasteiger partial charge in [0, 0.05) is 19.2 Å². The third-order valence-electron chi connectivity index (χ3n) is 2.81. The highest BCUT2D eigenvalue weighted by molar-refractivity contribution is 5.94. The Hall–Kier alpha value is -2.04. The van der Waals surface area contributed by atoms with E-state index in [1.54, 1.807) is 45.3 Å². The molecule has 1 atom stereocenters. The summed E-state index contributed by atoms with van der Waals surface area (Å²) >= 11 is 0. The standard InChI is InChI=1S/C14H19NO4/c1-10(14(17)19-4)9-15(2)13(16)11-6-5-7-12(8-11)18-3/h5-8,10H,9H2,1-4H3. The third kappa shape index (κ3) is 3.98. The molecule has 0 aliphatic rings. The molecule has 5 heteroatoms. The average Bonchev–Trinajstić information content (AvgIpc) is 2.45. The molecule has 0 aromatic heterocycles. The van der Waals surface area contributed by atoms with Gasteiger partial charge in [-0.2, -0.15) is 0 Å². The Morgan fingerprint density at radius 2 is 2.00 bits per heavy atom. The first kappa shape index (κ1) is 15.0. The Bertz CT molecular complexity index is 459. The molecule has 0 aliphatic heterocycles. The monoisotopic (exact) mass is 265 g/mol. The van der Waals surface area contributed by atoms with Gasteiger partial charge in [-0.3, -0.25) is 9.59 Å². The van der Waals surface area contributed by atoms with Crippen LogP contribution in [0, 0.1) is 5.92 Å². The predicted octanol–water partition coefficient (Wildman–Crippen LogP) is 1.58. The van der Waals surface area contributed by atoms with Gasteiger partial charge in [-0.15, -0.1) is 0 Å². The number of ether oxygens (including phenoxy) is 2. The first-order valence-corrected chi connectivity index (χ1v) is 5.97. The van der Waals surface area contributed by atoms with Gasteiger partial charge in [0.1, 0.15) is 5.75 Å². The number of methoxy groups -OCH3 is 2. The SMILES string of the molecule is COC(=O)C(C)CN(C)C(=O)c1cccc(OC)c1. The smallest absolute Gasteiger partial charge is 0.310 e. The Labute approximate surface area is 113 Å². The first-order chi connectivity index (χ1) is 8.99. The van der Waals surface area contributed by atoms with E-state index < -0.39 is 0 Å². The average molecular weight is 265 g/mol. The van der Waals surface area contributed by atoms with E-state index in [1.165, 1.54) is 12.0 Å². The molecule has 0 heterocycles. The van der Waals surface area contributed by atoms with Crippen LogP contribution >= 0.6 is 0 Å². The highest BCUT2D eigenvalue weighted by Gasteiger charge is 2.19. The Balaban J connectivity index is 2.73. The number of nitrogens with zero attached hydrogens (tertiary/aromatic N) is 1. The number of amides is 1. The second kappa shape index (κ2) is 6.78. The largest absolute Gasteiger partial charge is 0.497 e. The van der Waals surface area contributed by atoms with E-state index >= 15 is 0 Å². The van der Waals surface area contributed by atoms with Crippen LogP contribution in [0.5, 0.6) is 5.75 Å². The van der Waals surface area contributed by atoms with Crippen molar-refractivity contribution >= 4 is 11.9 Å². The molecule has 5 nitrogen and oxygen atoms in total. The molecule has 0 N–H and O–H groups in total. The number of carbonyl (C=O) groups excluding carboxylic acids is 2. The molecule has 0 radical (unpaired) electrons. The summed E-state index contributed by atoms with van der Waals surface area (Å²) in [5, 5.41) is 0. The summed E-state index contributed by atoms with van der Waals surface area (Å²) in [6.45, 7) is 2.03. The number of rotatable bonds is 5. The second-order valence-corrected chi connectivity index (χ2v) is 4.34. The topological polar surface area (TPSA) is 55.8 Å². The fraction of sp³-hybridized carbons (Fsp3) is 0.429. The van der Waals surface area contributed by atoms with Crippen molar-refractivity contribution in [3.8, 4) is 5.75 Å². The van der Waals surface area contributed by atoms with Gasteiger partial charge >= 0.3 is 5.97 Å². The molecule has 1 amide bonds. The Kier molecular flexibility index (Phi) is 5.36. The van der Waals surface area contributed by atoms with Crippen LogP contribution in [-0.2, 0) is 9.53 Å². The van der Waals surface area contributed by atoms with Crippen molar-refractivity contribution in [2.45, 2.75) is 6.92 Å². The molecule has 0 fully saturated rings. The minimum atomic E-state index is -0.357. The van der Waals surface area contributed by atoms with E-state index in [0.717, 1.165) is 0 Å². The molecular formula is C14H19NO4. The highest BCUT2D eigenvalue weighted by Crippen LogP contribution is 2.14. The fourth-order valence-corrected chi connectivity index (χ4v) is 1.75. The number of benzene rings is 1. The first-order valence-electron chi connectivity index (χ1n) is 5.97. The van der Waals surface area contributed by atoms with Gasteiger partial charge in [-0.1, -0.05) is 13.0 Å². The van der Waals surface area contributed by atoms with E-state index in [2.05, 4.69) is 4.74 Å². The third-order valence-corrected chi connectivity index (χ3v) is 2.81. The summed E-state index contributed by atoms with van der Waals surface area (Å²) < 4.78 is 9.71. The van der Waals surface area contributed by atoms with Crippen molar-refractivity contribution in [1.82, 2.24) is 4.90 Å². The number of carbonyl (C=O) groups is 2. The van der Waals surface area contributed by atoms with Crippen LogP contribution < -0.4 is 4.74 Å². The molecule has 0 saturated heterocycles. The molecule has 1 aromatic carbocycles. The van der Waals surface area contributed by atoms with E-state index in [0.29, 0.717) is 17.9 Å². The summed E-state index contributed by atoms with van der Waals surface area (Å²) in [4.78, 5) is 25.0. The van der Waals surface area contributed by atoms with Gasteiger partial charge in [-0.05, 0) is 18.2 Å². The van der Waals surface area contributed by atoms with Gasteiger partial charge in [0.15, 0.2) is 0 Å². The molecule has 0 saturated carbocycles. The lowest BCUT2D eigenvalue weighted by Gasteiger charge is -2.20. The van der Waals surface area contributed by atoms with Crippen molar-refractivity contribution in [3.63, 3.8) is 0 Å². The van der Waals surface area contributed by atoms with E-state index in [4.69, 9.17) is 4.74 Å². The van der Waals surface area contributed by atoms with Crippen LogP contribution in [0.25, 0.3) is 0 Å². The predicted molar refractivity (Wildman–Crippen MR) is 71.1 cm³/mol. The number of esters is 1. The summed E-state index contributed by atoms with van der Waals surface area (Å²) in [6.07, 6.45) is 0. The quantitative estimate of drug-likeness (QED) is 0.758. The van der Waals surface area contributed by atoms with Gasteiger partial charge in [-0.25, -0.2) is 0 Å². The van der Waals surface area contributed by atoms with Gasteiger partial charge in [0.05, 0.1) is 20.1 Å². The summed E-state index contributed by atoms with van der Waals surface area (Å²) in [6, 6.07) is 6.91. The maximum absolute atomic E-state index is 12.2. The zero-order chi connectivity index (χ0) is 14.4. The maximum Gasteiger partial charge on any atom is 0.310 e. The lowest BCUT2D eigenvalue weighted by atomic mass is 10.1. The molecule has 0 aliphatic carbocycles. The van der Waals surface area contributed by atoms with Crippen molar-refractivity contribution in [2.24, 2.45) is 5.92 Å². The fourth-order valence-electron chi connectivity index (χ4n) is 1.75. The van der Waals surface area contributed by atoms with E-state index in [9.17, 15) is 9.59 Å². The molecule has 1 aromatic rings. The van der Waals surface area contributed by atoms with Crippen molar-refractivity contribution in [1.29, 1.82) is 0 Å². The molecule has 1 unspecified atom stereocenters. The van der Waals surface area contributed by atoms with Crippen LogP contribution in [0.1, 0.15) is 17.3 Å².